The molecule has 1 heterocycles. The number of ether oxygens (including phenoxy) is 1. The molecule has 0 aromatic heterocycles. The Bertz CT molecular complexity index is 193. The number of alkyl halides is 1. The van der Waals surface area contributed by atoms with E-state index < -0.39 is 0 Å². The number of cyclic esters (lactones) is 1. The van der Waals surface area contributed by atoms with Gasteiger partial charge >= 0.3 is 5.97 Å². The van der Waals surface area contributed by atoms with E-state index >= 15 is 0 Å². The molecule has 0 bridgehead atoms. The fourth-order valence-corrected chi connectivity index (χ4v) is 2.72. The zero-order chi connectivity index (χ0) is 9.35. The van der Waals surface area contributed by atoms with Crippen molar-refractivity contribution in [1.82, 2.24) is 0 Å². The van der Waals surface area contributed by atoms with Crippen LogP contribution in [0.1, 0.15) is 27.2 Å². The Balaban J connectivity index is 2.85. The third kappa shape index (κ3) is 1.47. The van der Waals surface area contributed by atoms with Gasteiger partial charge in [0.2, 0.25) is 0 Å². The van der Waals surface area contributed by atoms with Crippen LogP contribution in [0.2, 0.25) is 0 Å². The molecule has 0 unspecified atom stereocenters. The molecule has 12 heavy (non-hydrogen) atoms. The highest BCUT2D eigenvalue weighted by Crippen LogP contribution is 2.40. The summed E-state index contributed by atoms with van der Waals surface area (Å²) in [5.41, 5.74) is -0.216. The fourth-order valence-electron chi connectivity index (χ4n) is 2.00. The Hall–Kier alpha value is 0.200. The lowest BCUT2D eigenvalue weighted by atomic mass is 9.82. The normalized spacial score (nSPS) is 41.5. The second kappa shape index (κ2) is 3.52. The maximum Gasteiger partial charge on any atom is 0.309 e. The molecule has 0 saturated carbocycles. The standard InChI is InChI=1S/C9H15IO2/c1-4-7-6(2)8(11)12-9(7,3)5-10/h6-7H,4-5H2,1-3H3/t6-,7+,9-/m0/s1. The summed E-state index contributed by atoms with van der Waals surface area (Å²) in [6.45, 7) is 6.12. The molecule has 2 nitrogen and oxygen atoms in total. The molecule has 0 spiro atoms. The Kier molecular flexibility index (Phi) is 3.01. The summed E-state index contributed by atoms with van der Waals surface area (Å²) >= 11 is 2.29. The van der Waals surface area contributed by atoms with Gasteiger partial charge in [0, 0.05) is 10.3 Å². The number of hydrogen-bond acceptors (Lipinski definition) is 2. The zero-order valence-corrected chi connectivity index (χ0v) is 9.92. The van der Waals surface area contributed by atoms with Crippen molar-refractivity contribution >= 4 is 28.6 Å². The predicted octanol–water partition coefficient (Wildman–Crippen LogP) is 2.40. The minimum Gasteiger partial charge on any atom is -0.458 e. The molecule has 0 aromatic rings. The van der Waals surface area contributed by atoms with Crippen LogP contribution in [-0.4, -0.2) is 16.0 Å². The van der Waals surface area contributed by atoms with Crippen molar-refractivity contribution in [3.63, 3.8) is 0 Å². The van der Waals surface area contributed by atoms with Crippen LogP contribution < -0.4 is 0 Å². The first-order valence-electron chi connectivity index (χ1n) is 4.34. The van der Waals surface area contributed by atoms with Gasteiger partial charge in [0.1, 0.15) is 5.60 Å². The highest BCUT2D eigenvalue weighted by atomic mass is 127. The number of esters is 1. The first kappa shape index (κ1) is 10.3. The maximum atomic E-state index is 11.3. The molecular formula is C9H15IO2. The van der Waals surface area contributed by atoms with Gasteiger partial charge in [-0.3, -0.25) is 4.79 Å². The van der Waals surface area contributed by atoms with Crippen molar-refractivity contribution in [2.24, 2.45) is 11.8 Å². The van der Waals surface area contributed by atoms with E-state index in [0.29, 0.717) is 5.92 Å². The largest absolute Gasteiger partial charge is 0.458 e. The summed E-state index contributed by atoms with van der Waals surface area (Å²) < 4.78 is 6.26. The molecule has 0 aromatic carbocycles. The van der Waals surface area contributed by atoms with Gasteiger partial charge in [-0.15, -0.1) is 0 Å². The third-order valence-electron chi connectivity index (χ3n) is 2.80. The molecule has 0 N–H and O–H groups in total. The quantitative estimate of drug-likeness (QED) is 0.441. The summed E-state index contributed by atoms with van der Waals surface area (Å²) in [7, 11) is 0. The third-order valence-corrected chi connectivity index (χ3v) is 4.31. The highest BCUT2D eigenvalue weighted by Gasteiger charge is 2.48. The molecule has 1 rings (SSSR count). The van der Waals surface area contributed by atoms with Gasteiger partial charge in [-0.25, -0.2) is 0 Å². The van der Waals surface area contributed by atoms with Crippen LogP contribution in [0, 0.1) is 11.8 Å². The summed E-state index contributed by atoms with van der Waals surface area (Å²) in [4.78, 5) is 11.3. The van der Waals surface area contributed by atoms with E-state index in [2.05, 4.69) is 29.5 Å². The van der Waals surface area contributed by atoms with Crippen LogP contribution in [0.25, 0.3) is 0 Å². The van der Waals surface area contributed by atoms with Crippen molar-refractivity contribution in [2.75, 3.05) is 4.43 Å². The van der Waals surface area contributed by atoms with E-state index in [0.717, 1.165) is 10.8 Å². The van der Waals surface area contributed by atoms with Crippen LogP contribution in [0.4, 0.5) is 0 Å². The smallest absolute Gasteiger partial charge is 0.309 e. The molecule has 3 heteroatoms. The highest BCUT2D eigenvalue weighted by molar-refractivity contribution is 14.1. The maximum absolute atomic E-state index is 11.3. The minimum absolute atomic E-state index is 0.0268. The van der Waals surface area contributed by atoms with E-state index in [1.807, 2.05) is 13.8 Å². The molecular weight excluding hydrogens is 267 g/mol. The number of hydrogen-bond donors (Lipinski definition) is 0. The predicted molar refractivity (Wildman–Crippen MR) is 56.3 cm³/mol. The van der Waals surface area contributed by atoms with Gasteiger partial charge in [0.15, 0.2) is 0 Å². The Morgan fingerprint density at radius 1 is 1.67 bits per heavy atom. The average Bonchev–Trinajstić information content (AvgIpc) is 2.25. The van der Waals surface area contributed by atoms with E-state index in [-0.39, 0.29) is 17.5 Å². The zero-order valence-electron chi connectivity index (χ0n) is 7.76. The van der Waals surface area contributed by atoms with Gasteiger partial charge in [-0.2, -0.15) is 0 Å². The van der Waals surface area contributed by atoms with Gasteiger partial charge in [-0.1, -0.05) is 36.4 Å². The summed E-state index contributed by atoms with van der Waals surface area (Å²) in [5, 5.41) is 0. The van der Waals surface area contributed by atoms with Gasteiger partial charge in [0.05, 0.1) is 5.92 Å². The molecule has 0 amide bonds. The first-order chi connectivity index (χ1) is 5.55. The van der Waals surface area contributed by atoms with Crippen LogP contribution in [0.5, 0.6) is 0 Å². The summed E-state index contributed by atoms with van der Waals surface area (Å²) in [6.07, 6.45) is 1.02. The Morgan fingerprint density at radius 3 is 2.58 bits per heavy atom. The van der Waals surface area contributed by atoms with Gasteiger partial charge in [0.25, 0.3) is 0 Å². The topological polar surface area (TPSA) is 26.3 Å². The number of carbonyl (C=O) groups excluding carboxylic acids is 1. The molecule has 0 aliphatic carbocycles. The average molecular weight is 282 g/mol. The van der Waals surface area contributed by atoms with Crippen molar-refractivity contribution in [2.45, 2.75) is 32.8 Å². The molecule has 1 saturated heterocycles. The molecule has 1 fully saturated rings. The number of rotatable bonds is 2. The molecule has 3 atom stereocenters. The first-order valence-corrected chi connectivity index (χ1v) is 5.86. The SMILES string of the molecule is CC[C@@H]1[C@H](C)C(=O)O[C@@]1(C)CI. The summed E-state index contributed by atoms with van der Waals surface area (Å²) in [5.74, 6) is 0.442. The van der Waals surface area contributed by atoms with Crippen molar-refractivity contribution in [1.29, 1.82) is 0 Å². The molecule has 1 aliphatic rings. The number of carbonyl (C=O) groups is 1. The Morgan fingerprint density at radius 2 is 2.25 bits per heavy atom. The Labute approximate surface area is 87.2 Å². The minimum atomic E-state index is -0.216. The van der Waals surface area contributed by atoms with Crippen LogP contribution in [-0.2, 0) is 9.53 Å². The monoisotopic (exact) mass is 282 g/mol. The second-order valence-electron chi connectivity index (χ2n) is 3.67. The van der Waals surface area contributed by atoms with Gasteiger partial charge in [-0.05, 0) is 13.3 Å². The van der Waals surface area contributed by atoms with E-state index in [9.17, 15) is 4.79 Å². The lowest BCUT2D eigenvalue weighted by molar-refractivity contribution is -0.148. The molecule has 70 valence electrons. The van der Waals surface area contributed by atoms with Crippen LogP contribution >= 0.6 is 22.6 Å². The van der Waals surface area contributed by atoms with Gasteiger partial charge < -0.3 is 4.74 Å². The van der Waals surface area contributed by atoms with E-state index in [1.165, 1.54) is 0 Å². The lowest BCUT2D eigenvalue weighted by Gasteiger charge is -2.27. The lowest BCUT2D eigenvalue weighted by Crippen LogP contribution is -2.34. The van der Waals surface area contributed by atoms with Crippen molar-refractivity contribution in [3.8, 4) is 0 Å². The summed E-state index contributed by atoms with van der Waals surface area (Å²) in [6, 6.07) is 0. The van der Waals surface area contributed by atoms with Crippen molar-refractivity contribution in [3.05, 3.63) is 0 Å². The van der Waals surface area contributed by atoms with Crippen LogP contribution in [0.15, 0.2) is 0 Å². The molecule has 0 radical (unpaired) electrons. The van der Waals surface area contributed by atoms with E-state index in [4.69, 9.17) is 4.74 Å². The molecule has 1 aliphatic heterocycles. The number of halogens is 1. The van der Waals surface area contributed by atoms with Crippen LogP contribution in [0.3, 0.4) is 0 Å². The van der Waals surface area contributed by atoms with Crippen molar-refractivity contribution < 1.29 is 9.53 Å². The van der Waals surface area contributed by atoms with E-state index in [1.54, 1.807) is 0 Å². The second-order valence-corrected chi connectivity index (χ2v) is 4.43. The fraction of sp³-hybridized carbons (Fsp3) is 0.889.